The third-order valence-electron chi connectivity index (χ3n) is 3.94. The Kier molecular flexibility index (Phi) is 1.74. The molecule has 1 aromatic carbocycles. The lowest BCUT2D eigenvalue weighted by Gasteiger charge is -2.28. The molecule has 0 saturated carbocycles. The van der Waals surface area contributed by atoms with Crippen LogP contribution in [-0.4, -0.2) is 34.1 Å². The van der Waals surface area contributed by atoms with Crippen LogP contribution in [0.25, 0.3) is 10.9 Å². The van der Waals surface area contributed by atoms with Gasteiger partial charge in [-0.3, -0.25) is 0 Å². The minimum atomic E-state index is 0.0205. The second kappa shape index (κ2) is 3.19. The lowest BCUT2D eigenvalue weighted by molar-refractivity contribution is 0.200. The number of phenols is 1. The molecule has 3 N–H and O–H groups in total. The molecule has 0 spiro atoms. The van der Waals surface area contributed by atoms with Crippen LogP contribution < -0.4 is 5.32 Å². The zero-order valence-corrected chi connectivity index (χ0v) is 9.73. The fourth-order valence-corrected chi connectivity index (χ4v) is 3.10. The van der Waals surface area contributed by atoms with E-state index < -0.39 is 0 Å². The maximum absolute atomic E-state index is 11.6. The highest BCUT2D eigenvalue weighted by molar-refractivity contribution is 5.87. The molecular weight excluding hydrogens is 230 g/mol. The highest BCUT2D eigenvalue weighted by Gasteiger charge is 2.37. The van der Waals surface area contributed by atoms with Crippen LogP contribution in [0.15, 0.2) is 18.2 Å². The van der Waals surface area contributed by atoms with E-state index in [9.17, 15) is 9.90 Å². The van der Waals surface area contributed by atoms with Crippen molar-refractivity contribution in [3.05, 3.63) is 29.5 Å². The number of hydrogen-bond acceptors (Lipinski definition) is 2. The second-order valence-corrected chi connectivity index (χ2v) is 4.89. The molecule has 4 rings (SSSR count). The van der Waals surface area contributed by atoms with Gasteiger partial charge in [-0.2, -0.15) is 0 Å². The Morgan fingerprint density at radius 1 is 1.39 bits per heavy atom. The zero-order valence-electron chi connectivity index (χ0n) is 9.73. The number of hydrogen-bond donors (Lipinski definition) is 3. The van der Waals surface area contributed by atoms with E-state index in [-0.39, 0.29) is 17.8 Å². The molecule has 1 aromatic heterocycles. The topological polar surface area (TPSA) is 68.4 Å². The number of nitrogens with zero attached hydrogens (tertiary/aromatic N) is 1. The van der Waals surface area contributed by atoms with Crippen LogP contribution in [-0.2, 0) is 6.42 Å². The number of benzene rings is 1. The molecule has 0 bridgehead atoms. The molecule has 92 valence electrons. The van der Waals surface area contributed by atoms with Gasteiger partial charge in [0.2, 0.25) is 0 Å². The Hall–Kier alpha value is -2.17. The molecule has 18 heavy (non-hydrogen) atoms. The Morgan fingerprint density at radius 3 is 3.17 bits per heavy atom. The summed E-state index contributed by atoms with van der Waals surface area (Å²) in [5.74, 6) is 0.285. The van der Waals surface area contributed by atoms with Crippen molar-refractivity contribution in [3.63, 3.8) is 0 Å². The van der Waals surface area contributed by atoms with Crippen molar-refractivity contribution < 1.29 is 9.90 Å². The monoisotopic (exact) mass is 243 g/mol. The van der Waals surface area contributed by atoms with Crippen LogP contribution in [0.1, 0.15) is 17.3 Å². The maximum atomic E-state index is 11.6. The van der Waals surface area contributed by atoms with Gasteiger partial charge >= 0.3 is 6.03 Å². The summed E-state index contributed by atoms with van der Waals surface area (Å²) in [4.78, 5) is 16.9. The molecule has 2 aliphatic heterocycles. The van der Waals surface area contributed by atoms with Crippen molar-refractivity contribution in [2.24, 2.45) is 0 Å². The first-order chi connectivity index (χ1) is 8.74. The highest BCUT2D eigenvalue weighted by atomic mass is 16.3. The second-order valence-electron chi connectivity index (χ2n) is 4.89. The van der Waals surface area contributed by atoms with Gasteiger partial charge < -0.3 is 20.3 Å². The number of carbonyl (C=O) groups excluding carboxylic acids is 1. The molecule has 5 nitrogen and oxygen atoms in total. The number of aromatic nitrogens is 1. The lowest BCUT2D eigenvalue weighted by Crippen LogP contribution is -2.35. The molecule has 3 heterocycles. The minimum Gasteiger partial charge on any atom is -0.508 e. The van der Waals surface area contributed by atoms with Crippen molar-refractivity contribution in [2.75, 3.05) is 13.1 Å². The quantitative estimate of drug-likeness (QED) is 0.656. The largest absolute Gasteiger partial charge is 0.508 e. The third kappa shape index (κ3) is 1.13. The van der Waals surface area contributed by atoms with E-state index in [0.29, 0.717) is 6.54 Å². The van der Waals surface area contributed by atoms with E-state index in [1.165, 1.54) is 5.56 Å². The van der Waals surface area contributed by atoms with E-state index in [2.05, 4.69) is 10.3 Å². The smallest absolute Gasteiger partial charge is 0.318 e. The molecule has 1 unspecified atom stereocenters. The van der Waals surface area contributed by atoms with Gasteiger partial charge in [0.1, 0.15) is 5.75 Å². The number of aromatic hydroxyl groups is 1. The number of nitrogens with one attached hydrogen (secondary N) is 2. The number of urea groups is 1. The van der Waals surface area contributed by atoms with E-state index in [0.717, 1.165) is 29.6 Å². The van der Waals surface area contributed by atoms with Crippen LogP contribution in [0, 0.1) is 0 Å². The van der Waals surface area contributed by atoms with Gasteiger partial charge in [-0.1, -0.05) is 0 Å². The number of phenolic OH excluding ortho intramolecular Hbond substituents is 1. The summed E-state index contributed by atoms with van der Waals surface area (Å²) in [6.45, 7) is 1.40. The number of aromatic amines is 1. The molecule has 0 radical (unpaired) electrons. The first kappa shape index (κ1) is 9.82. The molecule has 2 aromatic rings. The molecule has 2 aliphatic rings. The molecule has 1 fully saturated rings. The van der Waals surface area contributed by atoms with Crippen LogP contribution in [0.4, 0.5) is 4.79 Å². The Morgan fingerprint density at radius 2 is 2.28 bits per heavy atom. The average molecular weight is 243 g/mol. The zero-order chi connectivity index (χ0) is 12.3. The van der Waals surface area contributed by atoms with Crippen LogP contribution >= 0.6 is 0 Å². The molecule has 1 atom stereocenters. The Bertz CT molecular complexity index is 662. The third-order valence-corrected chi connectivity index (χ3v) is 3.94. The minimum absolute atomic E-state index is 0.0205. The average Bonchev–Trinajstić information content (AvgIpc) is 2.90. The van der Waals surface area contributed by atoms with Gasteiger partial charge in [0.15, 0.2) is 0 Å². The predicted octanol–water partition coefficient (Wildman–Crippen LogP) is 1.50. The standard InChI is InChI=1S/C13H13N3O2/c17-7-1-2-10-9(5-7)8-3-4-16-11(12(8)15-10)6-14-13(16)18/h1-2,5,11,15,17H,3-4,6H2,(H,14,18). The summed E-state index contributed by atoms with van der Waals surface area (Å²) >= 11 is 0. The molecule has 2 amide bonds. The lowest BCUT2D eigenvalue weighted by atomic mass is 9.98. The summed E-state index contributed by atoms with van der Waals surface area (Å²) in [5, 5.41) is 13.5. The number of H-pyrrole nitrogens is 1. The molecule has 1 saturated heterocycles. The van der Waals surface area contributed by atoms with Crippen molar-refractivity contribution in [3.8, 4) is 5.75 Å². The van der Waals surface area contributed by atoms with Crippen LogP contribution in [0.2, 0.25) is 0 Å². The van der Waals surface area contributed by atoms with Crippen molar-refractivity contribution in [1.82, 2.24) is 15.2 Å². The summed E-state index contributed by atoms with van der Waals surface area (Å²) < 4.78 is 0. The highest BCUT2D eigenvalue weighted by Crippen LogP contribution is 2.36. The van der Waals surface area contributed by atoms with E-state index in [1.54, 1.807) is 12.1 Å². The Labute approximate surface area is 103 Å². The summed E-state index contributed by atoms with van der Waals surface area (Å²) in [6, 6.07) is 5.49. The van der Waals surface area contributed by atoms with Gasteiger partial charge in [-0.05, 0) is 30.2 Å². The van der Waals surface area contributed by atoms with E-state index in [4.69, 9.17) is 0 Å². The van der Waals surface area contributed by atoms with Crippen molar-refractivity contribution in [2.45, 2.75) is 12.5 Å². The Balaban J connectivity index is 1.94. The normalized spacial score (nSPS) is 21.9. The van der Waals surface area contributed by atoms with Crippen molar-refractivity contribution >= 4 is 16.9 Å². The fourth-order valence-electron chi connectivity index (χ4n) is 3.10. The number of rotatable bonds is 0. The van der Waals surface area contributed by atoms with Gasteiger partial charge in [-0.25, -0.2) is 4.79 Å². The van der Waals surface area contributed by atoms with Gasteiger partial charge in [0.25, 0.3) is 0 Å². The number of carbonyl (C=O) groups is 1. The van der Waals surface area contributed by atoms with Gasteiger partial charge in [0.05, 0.1) is 6.04 Å². The first-order valence-corrected chi connectivity index (χ1v) is 6.12. The molecular formula is C13H13N3O2. The number of fused-ring (bicyclic) bond motifs is 5. The maximum Gasteiger partial charge on any atom is 0.318 e. The summed E-state index contributed by atoms with van der Waals surface area (Å²) in [5.41, 5.74) is 3.37. The van der Waals surface area contributed by atoms with E-state index >= 15 is 0 Å². The molecule has 5 heteroatoms. The first-order valence-electron chi connectivity index (χ1n) is 6.12. The van der Waals surface area contributed by atoms with Gasteiger partial charge in [0, 0.05) is 29.7 Å². The number of amides is 2. The summed E-state index contributed by atoms with van der Waals surface area (Å²) in [6.07, 6.45) is 0.836. The van der Waals surface area contributed by atoms with Crippen LogP contribution in [0.5, 0.6) is 5.75 Å². The predicted molar refractivity (Wildman–Crippen MR) is 66.5 cm³/mol. The fraction of sp³-hybridized carbons (Fsp3) is 0.308. The molecule has 0 aliphatic carbocycles. The SMILES string of the molecule is O=C1NCC2c3[nH]c4ccc(O)cc4c3CCN12. The van der Waals surface area contributed by atoms with Crippen molar-refractivity contribution in [1.29, 1.82) is 0 Å². The van der Waals surface area contributed by atoms with Gasteiger partial charge in [-0.15, -0.1) is 0 Å². The summed E-state index contributed by atoms with van der Waals surface area (Å²) in [7, 11) is 0. The van der Waals surface area contributed by atoms with Crippen LogP contribution in [0.3, 0.4) is 0 Å². The van der Waals surface area contributed by atoms with E-state index in [1.807, 2.05) is 11.0 Å².